The molecule has 4 aliphatic heterocycles. The highest BCUT2D eigenvalue weighted by Gasteiger charge is 2.60. The second-order valence-electron chi connectivity index (χ2n) is 10.4. The first-order valence-corrected chi connectivity index (χ1v) is 13.1. The number of carbonyl (C=O) groups excluding carboxylic acids is 3. The number of aliphatic carboxylic acids is 1. The van der Waals surface area contributed by atoms with Gasteiger partial charge < -0.3 is 36.2 Å². The van der Waals surface area contributed by atoms with Gasteiger partial charge in [0.1, 0.15) is 5.70 Å². The lowest BCUT2D eigenvalue weighted by molar-refractivity contribution is -0.158. The molecule has 3 saturated heterocycles. The van der Waals surface area contributed by atoms with E-state index in [2.05, 4.69) is 10.6 Å². The summed E-state index contributed by atoms with van der Waals surface area (Å²) in [6.07, 6.45) is 1.40. The summed E-state index contributed by atoms with van der Waals surface area (Å²) in [5, 5.41) is 16.2. The summed E-state index contributed by atoms with van der Waals surface area (Å²) in [4.78, 5) is 55.9. The molecule has 0 spiro atoms. The summed E-state index contributed by atoms with van der Waals surface area (Å²) in [5.41, 5.74) is 5.98. The van der Waals surface area contributed by atoms with E-state index in [-0.39, 0.29) is 59.3 Å². The molecule has 0 bridgehead atoms. The Hall–Kier alpha value is -2.15. The van der Waals surface area contributed by atoms with Gasteiger partial charge in [-0.1, -0.05) is 6.92 Å². The standard InChI is InChI=1S/C23H36N6O5S/c1-11-18-17(12(2)26-16(30)10-27(3)4)22(32)29(18)19(23(33)34)20(11)35-14-7-15(25-8-14)21(31)28-6-5-13(24)9-28/h11-15,17-18,25H,5-10,24H2,1-4H3,(H,26,30)(H,33,34)/t11-,12-,13+,14+,15+,17-,18?/m1/s1. The van der Waals surface area contributed by atoms with Crippen molar-refractivity contribution in [2.24, 2.45) is 17.6 Å². The summed E-state index contributed by atoms with van der Waals surface area (Å²) in [6.45, 7) is 5.79. The molecule has 12 heteroatoms. The van der Waals surface area contributed by atoms with Crippen LogP contribution in [0.3, 0.4) is 0 Å². The number of carboxylic acid groups (broad SMARTS) is 1. The number of nitrogens with zero attached hydrogens (tertiary/aromatic N) is 3. The van der Waals surface area contributed by atoms with Crippen LogP contribution in [0.1, 0.15) is 26.7 Å². The number of thioether (sulfide) groups is 1. The summed E-state index contributed by atoms with van der Waals surface area (Å²) in [6, 6.07) is -0.983. The molecule has 194 valence electrons. The number of nitrogens with two attached hydrogens (primary N) is 1. The van der Waals surface area contributed by atoms with Gasteiger partial charge in [-0.25, -0.2) is 4.79 Å². The number of hydrogen-bond acceptors (Lipinski definition) is 8. The molecule has 7 atom stereocenters. The zero-order valence-electron chi connectivity index (χ0n) is 20.7. The highest BCUT2D eigenvalue weighted by molar-refractivity contribution is 8.03. The van der Waals surface area contributed by atoms with Gasteiger partial charge in [0, 0.05) is 47.8 Å². The average molecular weight is 509 g/mol. The summed E-state index contributed by atoms with van der Waals surface area (Å²) < 4.78 is 0. The molecular weight excluding hydrogens is 472 g/mol. The van der Waals surface area contributed by atoms with E-state index in [1.54, 1.807) is 30.8 Å². The van der Waals surface area contributed by atoms with Crippen LogP contribution in [0.4, 0.5) is 0 Å². The van der Waals surface area contributed by atoms with Crippen LogP contribution in [-0.4, -0.2) is 113 Å². The number of rotatable bonds is 8. The Labute approximate surface area is 209 Å². The molecule has 4 rings (SSSR count). The molecule has 3 amide bonds. The van der Waals surface area contributed by atoms with Gasteiger partial charge in [-0.3, -0.25) is 14.4 Å². The summed E-state index contributed by atoms with van der Waals surface area (Å²) in [7, 11) is 3.59. The van der Waals surface area contributed by atoms with E-state index < -0.39 is 17.9 Å². The highest BCUT2D eigenvalue weighted by atomic mass is 32.2. The third-order valence-corrected chi connectivity index (χ3v) is 8.91. The lowest BCUT2D eigenvalue weighted by Crippen LogP contribution is -2.66. The zero-order chi connectivity index (χ0) is 25.6. The van der Waals surface area contributed by atoms with E-state index in [9.17, 15) is 24.3 Å². The van der Waals surface area contributed by atoms with Crippen molar-refractivity contribution >= 4 is 35.5 Å². The minimum Gasteiger partial charge on any atom is -0.477 e. The van der Waals surface area contributed by atoms with Crippen molar-refractivity contribution in [2.75, 3.05) is 40.3 Å². The number of fused-ring (bicyclic) bond motifs is 1. The monoisotopic (exact) mass is 508 g/mol. The molecular formula is C23H36N6O5S. The van der Waals surface area contributed by atoms with Crippen LogP contribution < -0.4 is 16.4 Å². The molecule has 0 aromatic heterocycles. The Morgan fingerprint density at radius 3 is 2.66 bits per heavy atom. The minimum absolute atomic E-state index is 0.0245. The van der Waals surface area contributed by atoms with Gasteiger partial charge in [-0.2, -0.15) is 0 Å². The lowest BCUT2D eigenvalue weighted by atomic mass is 9.78. The quantitative estimate of drug-likeness (QED) is 0.298. The fourth-order valence-corrected chi connectivity index (χ4v) is 7.22. The van der Waals surface area contributed by atoms with E-state index in [4.69, 9.17) is 5.73 Å². The molecule has 4 heterocycles. The van der Waals surface area contributed by atoms with Gasteiger partial charge >= 0.3 is 5.97 Å². The van der Waals surface area contributed by atoms with Gasteiger partial charge in [0.25, 0.3) is 0 Å². The van der Waals surface area contributed by atoms with Crippen molar-refractivity contribution in [3.05, 3.63) is 10.6 Å². The highest BCUT2D eigenvalue weighted by Crippen LogP contribution is 2.51. The molecule has 3 fully saturated rings. The summed E-state index contributed by atoms with van der Waals surface area (Å²) >= 11 is 1.46. The maximum absolute atomic E-state index is 13.0. The second-order valence-corrected chi connectivity index (χ2v) is 11.7. The largest absolute Gasteiger partial charge is 0.477 e. The number of likely N-dealkylation sites (N-methyl/N-ethyl adjacent to an activating group) is 1. The van der Waals surface area contributed by atoms with E-state index in [0.717, 1.165) is 6.42 Å². The van der Waals surface area contributed by atoms with E-state index >= 15 is 0 Å². The fraction of sp³-hybridized carbons (Fsp3) is 0.739. The average Bonchev–Trinajstić information content (AvgIpc) is 3.45. The van der Waals surface area contributed by atoms with Crippen LogP contribution >= 0.6 is 11.8 Å². The van der Waals surface area contributed by atoms with Gasteiger partial charge in [0.05, 0.1) is 24.5 Å². The van der Waals surface area contributed by atoms with E-state index in [0.29, 0.717) is 31.0 Å². The first-order chi connectivity index (χ1) is 16.5. The third-order valence-electron chi connectivity index (χ3n) is 7.40. The molecule has 4 aliphatic rings. The molecule has 5 N–H and O–H groups in total. The molecule has 1 unspecified atom stereocenters. The van der Waals surface area contributed by atoms with E-state index in [1.165, 1.54) is 16.7 Å². The molecule has 11 nitrogen and oxygen atoms in total. The van der Waals surface area contributed by atoms with Crippen LogP contribution in [0.5, 0.6) is 0 Å². The van der Waals surface area contributed by atoms with Crippen molar-refractivity contribution < 1.29 is 24.3 Å². The van der Waals surface area contributed by atoms with Crippen LogP contribution in [0.15, 0.2) is 10.6 Å². The Balaban J connectivity index is 1.42. The number of amides is 3. The minimum atomic E-state index is -1.12. The molecule has 0 aliphatic carbocycles. The third kappa shape index (κ3) is 4.93. The second kappa shape index (κ2) is 10.1. The Bertz CT molecular complexity index is 941. The zero-order valence-corrected chi connectivity index (χ0v) is 21.5. The van der Waals surface area contributed by atoms with Crippen LogP contribution in [0.25, 0.3) is 0 Å². The maximum atomic E-state index is 13.0. The fourth-order valence-electron chi connectivity index (χ4n) is 5.74. The van der Waals surface area contributed by atoms with Crippen molar-refractivity contribution in [1.82, 2.24) is 25.3 Å². The summed E-state index contributed by atoms with van der Waals surface area (Å²) in [5.74, 6) is -2.16. The number of nitrogens with one attached hydrogen (secondary N) is 2. The molecule has 0 aromatic carbocycles. The first kappa shape index (κ1) is 25.9. The Morgan fingerprint density at radius 1 is 1.34 bits per heavy atom. The molecule has 0 aromatic rings. The Morgan fingerprint density at radius 2 is 2.06 bits per heavy atom. The van der Waals surface area contributed by atoms with Crippen LogP contribution in [-0.2, 0) is 19.2 Å². The molecule has 35 heavy (non-hydrogen) atoms. The van der Waals surface area contributed by atoms with Crippen LogP contribution in [0.2, 0.25) is 0 Å². The number of β-lactam (4-membered cyclic amide) rings is 1. The van der Waals surface area contributed by atoms with Crippen molar-refractivity contribution in [3.8, 4) is 0 Å². The van der Waals surface area contributed by atoms with Crippen LogP contribution in [0, 0.1) is 11.8 Å². The predicted molar refractivity (Wildman–Crippen MR) is 131 cm³/mol. The number of carbonyl (C=O) groups is 4. The van der Waals surface area contributed by atoms with Gasteiger partial charge in [0.2, 0.25) is 17.7 Å². The number of likely N-dealkylation sites (tertiary alicyclic amines) is 1. The maximum Gasteiger partial charge on any atom is 0.353 e. The van der Waals surface area contributed by atoms with Crippen molar-refractivity contribution in [2.45, 2.75) is 56.1 Å². The topological polar surface area (TPSA) is 148 Å². The molecule has 0 saturated carbocycles. The van der Waals surface area contributed by atoms with Crippen molar-refractivity contribution in [1.29, 1.82) is 0 Å². The van der Waals surface area contributed by atoms with Gasteiger partial charge in [-0.05, 0) is 33.9 Å². The molecule has 0 radical (unpaired) electrons. The number of carboxylic acids is 1. The predicted octanol–water partition coefficient (Wildman–Crippen LogP) is -1.15. The smallest absolute Gasteiger partial charge is 0.353 e. The van der Waals surface area contributed by atoms with Gasteiger partial charge in [-0.15, -0.1) is 11.8 Å². The van der Waals surface area contributed by atoms with Crippen molar-refractivity contribution in [3.63, 3.8) is 0 Å². The SMILES string of the molecule is C[C@H]1C(S[C@@H]2CN[C@H](C(=O)N3CC[C@H](N)C3)C2)=C(C(=O)O)N2C(=O)[C@H]([C@@H](C)NC(=O)CN(C)C)C12. The number of hydrogen-bond donors (Lipinski definition) is 4. The normalized spacial score (nSPS) is 33.3. The Kier molecular flexibility index (Phi) is 7.46. The van der Waals surface area contributed by atoms with E-state index in [1.807, 2.05) is 6.92 Å². The first-order valence-electron chi connectivity index (χ1n) is 12.2. The lowest BCUT2D eigenvalue weighted by Gasteiger charge is -2.47. The van der Waals surface area contributed by atoms with Gasteiger partial charge in [0.15, 0.2) is 0 Å².